The van der Waals surface area contributed by atoms with Gasteiger partial charge < -0.3 is 9.84 Å². The summed E-state index contributed by atoms with van der Waals surface area (Å²) in [5, 5.41) is 12.9. The molecule has 21 heavy (non-hydrogen) atoms. The highest BCUT2D eigenvalue weighted by Crippen LogP contribution is 2.24. The summed E-state index contributed by atoms with van der Waals surface area (Å²) in [4.78, 5) is 4.02. The summed E-state index contributed by atoms with van der Waals surface area (Å²) in [5.74, 6) is -1.33. The van der Waals surface area contributed by atoms with Crippen molar-refractivity contribution in [1.82, 2.24) is 14.8 Å². The van der Waals surface area contributed by atoms with Gasteiger partial charge in [0, 0.05) is 6.54 Å². The lowest BCUT2D eigenvalue weighted by Gasteiger charge is -2.11. The predicted octanol–water partition coefficient (Wildman–Crippen LogP) is 2.28. The van der Waals surface area contributed by atoms with E-state index in [0.717, 1.165) is 12.1 Å². The minimum atomic E-state index is -0.853. The molecule has 1 aromatic heterocycles. The quantitative estimate of drug-likeness (QED) is 0.888. The molecule has 114 valence electrons. The highest BCUT2D eigenvalue weighted by atomic mass is 19.1. The molecule has 1 heterocycles. The van der Waals surface area contributed by atoms with Gasteiger partial charge in [-0.3, -0.25) is 0 Å². The van der Waals surface area contributed by atoms with Gasteiger partial charge in [-0.1, -0.05) is 13.8 Å². The molecule has 0 saturated carbocycles. The average Bonchev–Trinajstić information content (AvgIpc) is 2.84. The van der Waals surface area contributed by atoms with Crippen LogP contribution in [0, 0.1) is 17.6 Å². The molecule has 7 heteroatoms. The third kappa shape index (κ3) is 3.75. The molecule has 0 spiro atoms. The molecule has 0 aliphatic heterocycles. The van der Waals surface area contributed by atoms with E-state index in [9.17, 15) is 8.78 Å². The molecule has 5 nitrogen and oxygen atoms in total. The highest BCUT2D eigenvalue weighted by molar-refractivity contribution is 5.31. The number of aliphatic hydroxyl groups excluding tert-OH is 1. The Balaban J connectivity index is 2.12. The summed E-state index contributed by atoms with van der Waals surface area (Å²) in [6.07, 6.45) is 1.38. The lowest BCUT2D eigenvalue weighted by Crippen LogP contribution is -2.13. The molecule has 0 atom stereocenters. The number of hydrogen-bond acceptors (Lipinski definition) is 4. The third-order valence-electron chi connectivity index (χ3n) is 2.82. The van der Waals surface area contributed by atoms with E-state index >= 15 is 0 Å². The standard InChI is InChI=1S/C14H17F2N3O2/c1-9(2)5-19-13(17-8-18-19)7-21-14-11(15)3-10(6-20)4-12(14)16/h3-4,8-9,20H,5-7H2,1-2H3. The van der Waals surface area contributed by atoms with Gasteiger partial charge in [0.25, 0.3) is 0 Å². The zero-order valence-corrected chi connectivity index (χ0v) is 11.9. The summed E-state index contributed by atoms with van der Waals surface area (Å²) < 4.78 is 34.3. The average molecular weight is 297 g/mol. The normalized spacial score (nSPS) is 11.1. The molecule has 0 saturated heterocycles. The van der Waals surface area contributed by atoms with E-state index in [2.05, 4.69) is 10.1 Å². The molecule has 2 rings (SSSR count). The van der Waals surface area contributed by atoms with E-state index in [-0.39, 0.29) is 12.2 Å². The van der Waals surface area contributed by atoms with Crippen molar-refractivity contribution in [2.24, 2.45) is 5.92 Å². The molecule has 1 aromatic carbocycles. The molecule has 0 bridgehead atoms. The smallest absolute Gasteiger partial charge is 0.191 e. The summed E-state index contributed by atoms with van der Waals surface area (Å²) in [7, 11) is 0. The number of aromatic nitrogens is 3. The van der Waals surface area contributed by atoms with Gasteiger partial charge >= 0.3 is 0 Å². The van der Waals surface area contributed by atoms with Crippen LogP contribution in [0.5, 0.6) is 5.75 Å². The van der Waals surface area contributed by atoms with Crippen LogP contribution in [0.3, 0.4) is 0 Å². The largest absolute Gasteiger partial charge is 0.479 e. The Hall–Kier alpha value is -2.02. The van der Waals surface area contributed by atoms with Crippen molar-refractivity contribution in [1.29, 1.82) is 0 Å². The summed E-state index contributed by atoms with van der Waals surface area (Å²) in [6, 6.07) is 2.08. The first-order valence-electron chi connectivity index (χ1n) is 6.59. The second-order valence-corrected chi connectivity index (χ2v) is 5.09. The van der Waals surface area contributed by atoms with E-state index in [1.165, 1.54) is 6.33 Å². The Morgan fingerprint density at radius 2 is 1.95 bits per heavy atom. The molecule has 0 unspecified atom stereocenters. The second kappa shape index (κ2) is 6.62. The van der Waals surface area contributed by atoms with Crippen LogP contribution in [0.1, 0.15) is 25.2 Å². The van der Waals surface area contributed by atoms with E-state index in [1.807, 2.05) is 13.8 Å². The monoisotopic (exact) mass is 297 g/mol. The van der Waals surface area contributed by atoms with E-state index < -0.39 is 24.0 Å². The van der Waals surface area contributed by atoms with E-state index in [0.29, 0.717) is 18.3 Å². The van der Waals surface area contributed by atoms with E-state index in [4.69, 9.17) is 9.84 Å². The molecule has 0 aliphatic carbocycles. The number of rotatable bonds is 6. The Kier molecular flexibility index (Phi) is 4.85. The second-order valence-electron chi connectivity index (χ2n) is 5.09. The van der Waals surface area contributed by atoms with Crippen LogP contribution in [0.15, 0.2) is 18.5 Å². The van der Waals surface area contributed by atoms with Crippen molar-refractivity contribution < 1.29 is 18.6 Å². The fourth-order valence-electron chi connectivity index (χ4n) is 1.88. The van der Waals surface area contributed by atoms with Gasteiger partial charge in [0.15, 0.2) is 23.2 Å². The first-order valence-corrected chi connectivity index (χ1v) is 6.59. The predicted molar refractivity (Wildman–Crippen MR) is 71.5 cm³/mol. The Labute approximate surface area is 121 Å². The lowest BCUT2D eigenvalue weighted by molar-refractivity contribution is 0.252. The molecule has 2 aromatic rings. The van der Waals surface area contributed by atoms with Gasteiger partial charge in [-0.25, -0.2) is 18.4 Å². The zero-order valence-electron chi connectivity index (χ0n) is 11.9. The van der Waals surface area contributed by atoms with Gasteiger partial charge in [-0.15, -0.1) is 0 Å². The SMILES string of the molecule is CC(C)Cn1ncnc1COc1c(F)cc(CO)cc1F. The number of aliphatic hydroxyl groups is 1. The van der Waals surface area contributed by atoms with Crippen molar-refractivity contribution in [2.45, 2.75) is 33.6 Å². The number of halogens is 2. The highest BCUT2D eigenvalue weighted by Gasteiger charge is 2.14. The summed E-state index contributed by atoms with van der Waals surface area (Å²) in [6.45, 7) is 4.18. The molecular weight excluding hydrogens is 280 g/mol. The summed E-state index contributed by atoms with van der Waals surface area (Å²) >= 11 is 0. The van der Waals surface area contributed by atoms with Crippen molar-refractivity contribution in [3.05, 3.63) is 41.5 Å². The fraction of sp³-hybridized carbons (Fsp3) is 0.429. The lowest BCUT2D eigenvalue weighted by atomic mass is 10.2. The van der Waals surface area contributed by atoms with Gasteiger partial charge in [0.05, 0.1) is 6.61 Å². The minimum Gasteiger partial charge on any atom is -0.479 e. The zero-order chi connectivity index (χ0) is 15.4. The Morgan fingerprint density at radius 3 is 2.52 bits per heavy atom. The molecule has 0 aliphatic rings. The van der Waals surface area contributed by atoms with Crippen LogP contribution >= 0.6 is 0 Å². The van der Waals surface area contributed by atoms with Crippen LogP contribution in [0.4, 0.5) is 8.78 Å². The molecular formula is C14H17F2N3O2. The fourth-order valence-corrected chi connectivity index (χ4v) is 1.88. The minimum absolute atomic E-state index is 0.0843. The maximum Gasteiger partial charge on any atom is 0.191 e. The first kappa shape index (κ1) is 15.4. The van der Waals surface area contributed by atoms with Crippen molar-refractivity contribution in [2.75, 3.05) is 0 Å². The number of nitrogens with zero attached hydrogens (tertiary/aromatic N) is 3. The van der Waals surface area contributed by atoms with Gasteiger partial charge in [-0.2, -0.15) is 5.10 Å². The summed E-state index contributed by atoms with van der Waals surface area (Å²) in [5.41, 5.74) is 0.153. The van der Waals surface area contributed by atoms with Crippen molar-refractivity contribution >= 4 is 0 Å². The number of benzene rings is 1. The number of hydrogen-bond donors (Lipinski definition) is 1. The van der Waals surface area contributed by atoms with Gasteiger partial charge in [0.2, 0.25) is 0 Å². The van der Waals surface area contributed by atoms with Crippen molar-refractivity contribution in [3.8, 4) is 5.75 Å². The topological polar surface area (TPSA) is 60.2 Å². The number of ether oxygens (including phenoxy) is 1. The van der Waals surface area contributed by atoms with Gasteiger partial charge in [0.1, 0.15) is 12.9 Å². The van der Waals surface area contributed by atoms with Crippen LogP contribution in [0.25, 0.3) is 0 Å². The van der Waals surface area contributed by atoms with Crippen LogP contribution < -0.4 is 4.74 Å². The van der Waals surface area contributed by atoms with Gasteiger partial charge in [-0.05, 0) is 23.6 Å². The van der Waals surface area contributed by atoms with Crippen LogP contribution in [-0.4, -0.2) is 19.9 Å². The van der Waals surface area contributed by atoms with E-state index in [1.54, 1.807) is 4.68 Å². The maximum absolute atomic E-state index is 13.7. The van der Waals surface area contributed by atoms with Crippen LogP contribution in [0.2, 0.25) is 0 Å². The Morgan fingerprint density at radius 1 is 1.29 bits per heavy atom. The molecule has 1 N–H and O–H groups in total. The first-order chi connectivity index (χ1) is 10.0. The molecule has 0 fully saturated rings. The molecule has 0 amide bonds. The third-order valence-corrected chi connectivity index (χ3v) is 2.82. The Bertz CT molecular complexity index is 591. The van der Waals surface area contributed by atoms with Crippen LogP contribution in [-0.2, 0) is 19.8 Å². The molecule has 0 radical (unpaired) electrons. The van der Waals surface area contributed by atoms with Crippen molar-refractivity contribution in [3.63, 3.8) is 0 Å². The maximum atomic E-state index is 13.7.